The van der Waals surface area contributed by atoms with Crippen molar-refractivity contribution >= 4 is 32.6 Å². The highest BCUT2D eigenvalue weighted by Crippen LogP contribution is 2.61. The highest BCUT2D eigenvalue weighted by atomic mass is 15.1. The molecule has 2 nitrogen and oxygen atoms in total. The summed E-state index contributed by atoms with van der Waals surface area (Å²) in [6.45, 7) is 0. The van der Waals surface area contributed by atoms with E-state index in [1.54, 1.807) is 0 Å². The van der Waals surface area contributed by atoms with Crippen LogP contribution < -0.4 is 0 Å². The first kappa shape index (κ1) is 32.9. The molecular formula is C55H44N2. The number of hydrogen-bond acceptors (Lipinski definition) is 1. The van der Waals surface area contributed by atoms with E-state index in [0.29, 0.717) is 0 Å². The van der Waals surface area contributed by atoms with Crippen molar-refractivity contribution in [1.82, 2.24) is 9.55 Å². The fourth-order valence-electron chi connectivity index (χ4n) is 11.9. The first-order valence-electron chi connectivity index (χ1n) is 21.0. The van der Waals surface area contributed by atoms with Gasteiger partial charge in [-0.1, -0.05) is 152 Å². The van der Waals surface area contributed by atoms with E-state index in [2.05, 4.69) is 180 Å². The van der Waals surface area contributed by atoms with E-state index in [0.717, 1.165) is 23.3 Å². The summed E-state index contributed by atoms with van der Waals surface area (Å²) in [5, 5.41) is 5.09. The lowest BCUT2D eigenvalue weighted by Gasteiger charge is -2.56. The molecule has 9 aromatic rings. The molecule has 0 radical (unpaired) electrons. The van der Waals surface area contributed by atoms with Crippen LogP contribution in [0.1, 0.15) is 44.3 Å². The van der Waals surface area contributed by atoms with Crippen LogP contribution in [0.15, 0.2) is 176 Å². The fraction of sp³-hybridized carbons (Fsp3) is 0.182. The molecule has 4 bridgehead atoms. The zero-order chi connectivity index (χ0) is 37.5. The Morgan fingerprint density at radius 3 is 1.40 bits per heavy atom. The molecule has 0 aliphatic heterocycles. The first-order valence-corrected chi connectivity index (χ1v) is 21.0. The van der Waals surface area contributed by atoms with E-state index in [-0.39, 0.29) is 5.41 Å². The lowest BCUT2D eigenvalue weighted by molar-refractivity contribution is -0.00982. The van der Waals surface area contributed by atoms with E-state index in [9.17, 15) is 0 Å². The normalized spacial score (nSPS) is 21.2. The van der Waals surface area contributed by atoms with Gasteiger partial charge >= 0.3 is 0 Å². The van der Waals surface area contributed by atoms with Crippen LogP contribution in [0.4, 0.5) is 0 Å². The van der Waals surface area contributed by atoms with Crippen molar-refractivity contribution in [2.24, 2.45) is 17.8 Å². The van der Waals surface area contributed by atoms with Crippen LogP contribution >= 0.6 is 0 Å². The van der Waals surface area contributed by atoms with Gasteiger partial charge in [0.15, 0.2) is 0 Å². The number of rotatable bonds is 6. The topological polar surface area (TPSA) is 17.8 Å². The smallest absolute Gasteiger partial charge is 0.120 e. The van der Waals surface area contributed by atoms with Crippen molar-refractivity contribution in [2.75, 3.05) is 0 Å². The summed E-state index contributed by atoms with van der Waals surface area (Å²) in [7, 11) is 0. The van der Waals surface area contributed by atoms with Crippen molar-refractivity contribution in [2.45, 2.75) is 43.9 Å². The predicted octanol–water partition coefficient (Wildman–Crippen LogP) is 14.5. The van der Waals surface area contributed by atoms with Gasteiger partial charge in [0.2, 0.25) is 0 Å². The summed E-state index contributed by atoms with van der Waals surface area (Å²) >= 11 is 0. The molecule has 0 amide bonds. The zero-order valence-electron chi connectivity index (χ0n) is 32.1. The third-order valence-corrected chi connectivity index (χ3v) is 13.9. The Morgan fingerprint density at radius 1 is 0.404 bits per heavy atom. The van der Waals surface area contributed by atoms with E-state index < -0.39 is 0 Å². The van der Waals surface area contributed by atoms with Crippen molar-refractivity contribution in [3.8, 4) is 50.2 Å². The molecular weight excluding hydrogens is 689 g/mol. The highest BCUT2D eigenvalue weighted by molar-refractivity contribution is 6.21. The van der Waals surface area contributed by atoms with Crippen LogP contribution in [0.2, 0.25) is 0 Å². The van der Waals surface area contributed by atoms with Gasteiger partial charge in [0.1, 0.15) is 5.82 Å². The summed E-state index contributed by atoms with van der Waals surface area (Å²) in [6, 6.07) is 65.1. The van der Waals surface area contributed by atoms with Gasteiger partial charge in [-0.05, 0) is 147 Å². The maximum Gasteiger partial charge on any atom is 0.120 e. The summed E-state index contributed by atoms with van der Waals surface area (Å²) in [4.78, 5) is 5.59. The van der Waals surface area contributed by atoms with Crippen LogP contribution in [-0.4, -0.2) is 9.55 Å². The Bertz CT molecular complexity index is 2920. The second-order valence-corrected chi connectivity index (χ2v) is 17.4. The standard InChI is InChI=1S/C55H44N2/c1-3-11-39(12-4-1)41-19-23-43(24-20-41)52-46-15-7-8-16-47(46)53(44-25-21-42(22-26-44)40-13-5-2-6-14-40)49-32-45(27-28-48(49)52)57-51-18-10-9-17-50(51)56-54(57)55-33-36-29-37(34-55)31-38(30-36)35-55/h1-28,32,36-38H,29-31,33-35H2. The average molecular weight is 733 g/mol. The molecule has 0 N–H and O–H groups in total. The van der Waals surface area contributed by atoms with Crippen molar-refractivity contribution in [3.63, 3.8) is 0 Å². The number of benzene rings is 8. The second kappa shape index (κ2) is 12.9. The Labute approximate surface area is 334 Å². The molecule has 1 heterocycles. The molecule has 0 unspecified atom stereocenters. The number of hydrogen-bond donors (Lipinski definition) is 0. The zero-order valence-corrected chi connectivity index (χ0v) is 32.1. The molecule has 4 aliphatic carbocycles. The van der Waals surface area contributed by atoms with Crippen LogP contribution in [0.3, 0.4) is 0 Å². The largest absolute Gasteiger partial charge is 0.296 e. The molecule has 13 rings (SSSR count). The molecule has 4 aliphatic rings. The Kier molecular flexibility index (Phi) is 7.45. The second-order valence-electron chi connectivity index (χ2n) is 17.4. The minimum absolute atomic E-state index is 0.147. The molecule has 2 heteroatoms. The number of fused-ring (bicyclic) bond motifs is 3. The fourth-order valence-corrected chi connectivity index (χ4v) is 11.9. The quantitative estimate of drug-likeness (QED) is 0.156. The number of aromatic nitrogens is 2. The van der Waals surface area contributed by atoms with Crippen LogP contribution in [-0.2, 0) is 5.41 Å². The molecule has 0 spiro atoms. The van der Waals surface area contributed by atoms with E-state index in [1.165, 1.54) is 122 Å². The molecule has 274 valence electrons. The molecule has 4 fully saturated rings. The van der Waals surface area contributed by atoms with Gasteiger partial charge in [0, 0.05) is 11.1 Å². The summed E-state index contributed by atoms with van der Waals surface area (Å²) in [5.41, 5.74) is 13.7. The predicted molar refractivity (Wildman–Crippen MR) is 238 cm³/mol. The molecule has 0 saturated heterocycles. The Hall–Kier alpha value is -6.25. The first-order chi connectivity index (χ1) is 28.2. The monoisotopic (exact) mass is 732 g/mol. The van der Waals surface area contributed by atoms with E-state index >= 15 is 0 Å². The molecule has 4 saturated carbocycles. The number of para-hydroxylation sites is 2. The van der Waals surface area contributed by atoms with Gasteiger partial charge in [-0.2, -0.15) is 0 Å². The van der Waals surface area contributed by atoms with Crippen LogP contribution in [0, 0.1) is 17.8 Å². The maximum absolute atomic E-state index is 5.59. The molecule has 57 heavy (non-hydrogen) atoms. The van der Waals surface area contributed by atoms with Gasteiger partial charge in [-0.15, -0.1) is 0 Å². The third-order valence-electron chi connectivity index (χ3n) is 13.9. The van der Waals surface area contributed by atoms with Crippen LogP contribution in [0.25, 0.3) is 82.8 Å². The van der Waals surface area contributed by atoms with Gasteiger partial charge in [0.25, 0.3) is 0 Å². The van der Waals surface area contributed by atoms with Crippen molar-refractivity contribution < 1.29 is 0 Å². The Morgan fingerprint density at radius 2 is 0.842 bits per heavy atom. The number of nitrogens with zero attached hydrogens (tertiary/aromatic N) is 2. The van der Waals surface area contributed by atoms with Gasteiger partial charge < -0.3 is 0 Å². The molecule has 0 atom stereocenters. The lowest BCUT2D eigenvalue weighted by Crippen LogP contribution is -2.49. The molecule has 8 aromatic carbocycles. The van der Waals surface area contributed by atoms with Crippen molar-refractivity contribution in [1.29, 1.82) is 0 Å². The maximum atomic E-state index is 5.59. The van der Waals surface area contributed by atoms with Gasteiger partial charge in [-0.25, -0.2) is 4.98 Å². The summed E-state index contributed by atoms with van der Waals surface area (Å²) < 4.78 is 2.58. The summed E-state index contributed by atoms with van der Waals surface area (Å²) in [5.74, 6) is 3.82. The third kappa shape index (κ3) is 5.34. The highest BCUT2D eigenvalue weighted by Gasteiger charge is 2.53. The van der Waals surface area contributed by atoms with Crippen LogP contribution in [0.5, 0.6) is 0 Å². The van der Waals surface area contributed by atoms with E-state index in [1.807, 2.05) is 0 Å². The number of imidazole rings is 1. The van der Waals surface area contributed by atoms with E-state index in [4.69, 9.17) is 4.98 Å². The van der Waals surface area contributed by atoms with Gasteiger partial charge in [-0.3, -0.25) is 4.57 Å². The van der Waals surface area contributed by atoms with Gasteiger partial charge in [0.05, 0.1) is 11.0 Å². The SMILES string of the molecule is c1ccc(-c2ccc(-c3c4ccccc4c(-c4ccc(-c5ccccc5)cc4)c4cc(-n5c(C67CC8CC(CC(C8)C6)C7)nc6ccccc65)ccc34)cc2)cc1. The Balaban J connectivity index is 1.11. The minimum atomic E-state index is 0.147. The summed E-state index contributed by atoms with van der Waals surface area (Å²) in [6.07, 6.45) is 8.10. The lowest BCUT2D eigenvalue weighted by atomic mass is 9.49. The van der Waals surface area contributed by atoms with Crippen molar-refractivity contribution in [3.05, 3.63) is 182 Å². The molecule has 1 aromatic heterocycles. The average Bonchev–Trinajstić information content (AvgIpc) is 3.67. The minimum Gasteiger partial charge on any atom is -0.296 e.